The molecule has 38 heavy (non-hydrogen) atoms. The number of carbonyl (C=O) groups excluding carboxylic acids is 2. The lowest BCUT2D eigenvalue weighted by atomic mass is 9.46. The maximum Gasteiger partial charge on any atom is 0.338 e. The molecule has 3 nitrogen and oxygen atoms in total. The number of rotatable bonds is 7. The summed E-state index contributed by atoms with van der Waals surface area (Å²) in [5, 5.41) is 0. The predicted octanol–water partition coefficient (Wildman–Crippen LogP) is 8.62. The Hall–Kier alpha value is -2.12. The van der Waals surface area contributed by atoms with Gasteiger partial charge in [0, 0.05) is 17.9 Å². The molecular weight excluding hydrogens is 468 g/mol. The zero-order chi connectivity index (χ0) is 27.1. The molecule has 0 aromatic heterocycles. The molecule has 3 saturated carbocycles. The van der Waals surface area contributed by atoms with Crippen molar-refractivity contribution in [1.29, 1.82) is 0 Å². The Kier molecular flexibility index (Phi) is 7.80. The van der Waals surface area contributed by atoms with Crippen molar-refractivity contribution < 1.29 is 14.3 Å². The summed E-state index contributed by atoms with van der Waals surface area (Å²) in [6.45, 7) is 12.2. The molecule has 0 bridgehead atoms. The van der Waals surface area contributed by atoms with Crippen LogP contribution in [0.25, 0.3) is 0 Å². The minimum Gasteiger partial charge on any atom is -0.458 e. The molecule has 0 heterocycles. The van der Waals surface area contributed by atoms with Gasteiger partial charge in [-0.15, -0.1) is 0 Å². The van der Waals surface area contributed by atoms with Crippen LogP contribution in [0.1, 0.15) is 109 Å². The second kappa shape index (κ2) is 10.8. The van der Waals surface area contributed by atoms with Gasteiger partial charge in [-0.3, -0.25) is 0 Å². The highest BCUT2D eigenvalue weighted by atomic mass is 16.5. The predicted molar refractivity (Wildman–Crippen MR) is 153 cm³/mol. The van der Waals surface area contributed by atoms with Crippen LogP contribution in [0.15, 0.2) is 47.6 Å². The average Bonchev–Trinajstić information content (AvgIpc) is 3.26. The highest BCUT2D eigenvalue weighted by molar-refractivity contribution is 5.89. The number of allylic oxidation sites excluding steroid dienone is 2. The molecule has 3 heteroatoms. The number of hydrogen-bond acceptors (Lipinski definition) is 3. The van der Waals surface area contributed by atoms with Gasteiger partial charge < -0.3 is 4.74 Å². The molecule has 4 aliphatic carbocycles. The molecule has 0 aliphatic heterocycles. The van der Waals surface area contributed by atoms with Crippen molar-refractivity contribution in [1.82, 2.24) is 0 Å². The van der Waals surface area contributed by atoms with E-state index in [-0.39, 0.29) is 17.5 Å². The fourth-order valence-electron chi connectivity index (χ4n) is 9.44. The van der Waals surface area contributed by atoms with Crippen LogP contribution in [0.2, 0.25) is 0 Å². The van der Waals surface area contributed by atoms with E-state index in [9.17, 15) is 9.59 Å². The lowest BCUT2D eigenvalue weighted by Gasteiger charge is -2.58. The Morgan fingerprint density at radius 2 is 1.76 bits per heavy atom. The summed E-state index contributed by atoms with van der Waals surface area (Å²) in [5.41, 5.74) is 3.23. The van der Waals surface area contributed by atoms with Crippen LogP contribution in [0.5, 0.6) is 0 Å². The molecule has 1 aromatic rings. The molecule has 0 unspecified atom stereocenters. The topological polar surface area (TPSA) is 43.4 Å². The molecule has 0 saturated heterocycles. The number of fused-ring (bicyclic) bond motifs is 5. The molecule has 8 atom stereocenters. The first-order chi connectivity index (χ1) is 18.2. The monoisotopic (exact) mass is 516 g/mol. The number of hydrogen-bond donors (Lipinski definition) is 0. The Bertz CT molecular complexity index is 1100. The summed E-state index contributed by atoms with van der Waals surface area (Å²) in [6, 6.07) is 9.28. The number of esters is 1. The summed E-state index contributed by atoms with van der Waals surface area (Å²) in [7, 11) is 0. The van der Waals surface area contributed by atoms with Crippen LogP contribution in [0.4, 0.5) is 0 Å². The van der Waals surface area contributed by atoms with E-state index in [0.29, 0.717) is 28.7 Å². The van der Waals surface area contributed by atoms with Gasteiger partial charge in [0.25, 0.3) is 0 Å². The first-order valence-electron chi connectivity index (χ1n) is 15.4. The summed E-state index contributed by atoms with van der Waals surface area (Å²) in [5.74, 6) is 5.91. The Balaban J connectivity index is 1.34. The van der Waals surface area contributed by atoms with E-state index in [1.807, 2.05) is 30.3 Å². The zero-order valence-electron chi connectivity index (χ0n) is 24.3. The van der Waals surface area contributed by atoms with Gasteiger partial charge in [0.1, 0.15) is 12.0 Å². The molecular formula is C35H48O3. The molecule has 0 amide bonds. The molecule has 1 aromatic carbocycles. The van der Waals surface area contributed by atoms with E-state index in [1.54, 1.807) is 0 Å². The van der Waals surface area contributed by atoms with Crippen molar-refractivity contribution in [2.45, 2.75) is 105 Å². The van der Waals surface area contributed by atoms with Gasteiger partial charge in [-0.25, -0.2) is 9.59 Å². The van der Waals surface area contributed by atoms with Crippen LogP contribution >= 0.6 is 0 Å². The molecule has 0 spiro atoms. The Morgan fingerprint density at radius 3 is 2.47 bits per heavy atom. The van der Waals surface area contributed by atoms with Gasteiger partial charge >= 0.3 is 5.97 Å². The number of benzene rings is 1. The molecule has 206 valence electrons. The summed E-state index contributed by atoms with van der Waals surface area (Å²) in [6.07, 6.45) is 13.8. The van der Waals surface area contributed by atoms with Gasteiger partial charge in [0.2, 0.25) is 0 Å². The minimum atomic E-state index is -0.243. The first-order valence-corrected chi connectivity index (χ1v) is 15.4. The standard InChI is InChI=1S/C35H48O3/c1-23(2)10-9-11-24(3)29-14-15-30-32-26(22-36)20-27-21-28(38-33(37)25-12-7-6-8-13-25)16-18-34(27,4)31(32)17-19-35(29,30)5/h6-8,12-13,20,23-24,28-32H,9-11,14-19,21H2,1-5H3/t24-,28+,29-,30+,31+,32+,34+,35-/m1/s1. The van der Waals surface area contributed by atoms with Crippen LogP contribution in [-0.4, -0.2) is 18.0 Å². The van der Waals surface area contributed by atoms with E-state index in [0.717, 1.165) is 42.6 Å². The second-order valence-corrected chi connectivity index (χ2v) is 14.0. The van der Waals surface area contributed by atoms with Gasteiger partial charge in [-0.05, 0) is 97.2 Å². The average molecular weight is 517 g/mol. The van der Waals surface area contributed by atoms with E-state index >= 15 is 0 Å². The number of carbonyl (C=O) groups is 1. The van der Waals surface area contributed by atoms with E-state index in [2.05, 4.69) is 46.6 Å². The van der Waals surface area contributed by atoms with Crippen molar-refractivity contribution >= 4 is 11.9 Å². The molecule has 3 fully saturated rings. The van der Waals surface area contributed by atoms with Crippen molar-refractivity contribution in [3.63, 3.8) is 0 Å². The van der Waals surface area contributed by atoms with Gasteiger partial charge in [-0.1, -0.05) is 77.7 Å². The van der Waals surface area contributed by atoms with Crippen molar-refractivity contribution in [2.75, 3.05) is 0 Å². The van der Waals surface area contributed by atoms with Crippen LogP contribution in [-0.2, 0) is 9.53 Å². The third-order valence-electron chi connectivity index (χ3n) is 11.5. The fourth-order valence-corrected chi connectivity index (χ4v) is 9.44. The van der Waals surface area contributed by atoms with Crippen molar-refractivity contribution in [2.24, 2.45) is 46.3 Å². The highest BCUT2D eigenvalue weighted by Gasteiger charge is 2.60. The summed E-state index contributed by atoms with van der Waals surface area (Å²) in [4.78, 5) is 25.2. The quantitative estimate of drug-likeness (QED) is 0.269. The highest BCUT2D eigenvalue weighted by Crippen LogP contribution is 2.68. The van der Waals surface area contributed by atoms with Crippen molar-refractivity contribution in [3.05, 3.63) is 53.1 Å². The van der Waals surface area contributed by atoms with Crippen LogP contribution < -0.4 is 0 Å². The third kappa shape index (κ3) is 4.85. The Labute approximate surface area is 230 Å². The first kappa shape index (κ1) is 27.4. The second-order valence-electron chi connectivity index (χ2n) is 14.0. The smallest absolute Gasteiger partial charge is 0.338 e. The maximum absolute atomic E-state index is 12.7. The Morgan fingerprint density at radius 1 is 1.00 bits per heavy atom. The van der Waals surface area contributed by atoms with Gasteiger partial charge in [0.05, 0.1) is 5.56 Å². The lowest BCUT2D eigenvalue weighted by Crippen LogP contribution is -2.51. The summed E-state index contributed by atoms with van der Waals surface area (Å²) < 4.78 is 5.96. The van der Waals surface area contributed by atoms with E-state index in [1.165, 1.54) is 50.5 Å². The SMILES string of the molecule is CC(C)CCC[C@@H](C)[C@H]1CC[C@H]2[C@@H]3C(=C=O)C=C4C[C@@H](OC(=O)c5ccccc5)CC[C@]4(C)[C@H]3CC[C@]12C. The molecule has 4 aliphatic rings. The largest absolute Gasteiger partial charge is 0.458 e. The summed E-state index contributed by atoms with van der Waals surface area (Å²) >= 11 is 0. The molecule has 5 rings (SSSR count). The normalized spacial score (nSPS) is 36.9. The van der Waals surface area contributed by atoms with E-state index in [4.69, 9.17) is 4.74 Å². The minimum absolute atomic E-state index is 0.0863. The third-order valence-corrected chi connectivity index (χ3v) is 11.5. The fraction of sp³-hybridized carbons (Fsp3) is 0.686. The van der Waals surface area contributed by atoms with E-state index < -0.39 is 0 Å². The van der Waals surface area contributed by atoms with Crippen molar-refractivity contribution in [3.8, 4) is 0 Å². The zero-order valence-corrected chi connectivity index (χ0v) is 24.3. The molecule has 0 N–H and O–H groups in total. The number of ether oxygens (including phenoxy) is 1. The maximum atomic E-state index is 12.7. The van der Waals surface area contributed by atoms with Gasteiger partial charge in [0.15, 0.2) is 0 Å². The lowest BCUT2D eigenvalue weighted by molar-refractivity contribution is -0.0444. The van der Waals surface area contributed by atoms with Crippen LogP contribution in [0, 0.1) is 46.3 Å². The van der Waals surface area contributed by atoms with Crippen LogP contribution in [0.3, 0.4) is 0 Å². The van der Waals surface area contributed by atoms with Gasteiger partial charge in [-0.2, -0.15) is 0 Å². The molecule has 0 radical (unpaired) electrons.